The van der Waals surface area contributed by atoms with Crippen LogP contribution in [0.5, 0.6) is 0 Å². The number of nitrogens with zero attached hydrogens (tertiary/aromatic N) is 2. The van der Waals surface area contributed by atoms with E-state index in [9.17, 15) is 0 Å². The third-order valence-corrected chi connectivity index (χ3v) is 4.02. The maximum atomic E-state index is 8.82. The van der Waals surface area contributed by atoms with Gasteiger partial charge in [0.2, 0.25) is 0 Å². The Morgan fingerprint density at radius 2 is 2.06 bits per heavy atom. The van der Waals surface area contributed by atoms with Crippen molar-refractivity contribution in [1.29, 1.82) is 5.26 Å². The van der Waals surface area contributed by atoms with Crippen molar-refractivity contribution in [3.05, 3.63) is 35.9 Å². The van der Waals surface area contributed by atoms with Gasteiger partial charge in [0.15, 0.2) is 0 Å². The molecule has 0 aromatic heterocycles. The minimum absolute atomic E-state index is 0.246. The maximum absolute atomic E-state index is 8.82. The summed E-state index contributed by atoms with van der Waals surface area (Å²) in [6.07, 6.45) is 2.95. The van der Waals surface area contributed by atoms with Crippen molar-refractivity contribution in [2.75, 3.05) is 13.1 Å². The second-order valence-electron chi connectivity index (χ2n) is 5.93. The third-order valence-electron chi connectivity index (χ3n) is 4.02. The van der Waals surface area contributed by atoms with E-state index >= 15 is 0 Å². The Kier molecular flexibility index (Phi) is 4.04. The van der Waals surface area contributed by atoms with Crippen LogP contribution in [0.4, 0.5) is 0 Å². The van der Waals surface area contributed by atoms with Crippen LogP contribution in [0.15, 0.2) is 30.3 Å². The second kappa shape index (κ2) is 5.54. The van der Waals surface area contributed by atoms with Crippen molar-refractivity contribution in [1.82, 2.24) is 4.90 Å². The summed E-state index contributed by atoms with van der Waals surface area (Å²) in [5.41, 5.74) is 1.65. The van der Waals surface area contributed by atoms with Crippen molar-refractivity contribution in [3.8, 4) is 6.07 Å². The summed E-state index contributed by atoms with van der Waals surface area (Å²) in [6.45, 7) is 6.77. The summed E-state index contributed by atoms with van der Waals surface area (Å²) in [7, 11) is 0. The molecular weight excluding hydrogens is 220 g/mol. The van der Waals surface area contributed by atoms with Crippen molar-refractivity contribution >= 4 is 0 Å². The van der Waals surface area contributed by atoms with E-state index in [0.717, 1.165) is 25.9 Å². The van der Waals surface area contributed by atoms with Gasteiger partial charge in [-0.25, -0.2) is 0 Å². The zero-order valence-electron chi connectivity index (χ0n) is 11.4. The Labute approximate surface area is 110 Å². The summed E-state index contributed by atoms with van der Waals surface area (Å²) in [4.78, 5) is 2.54. The van der Waals surface area contributed by atoms with Crippen LogP contribution in [-0.4, -0.2) is 23.5 Å². The first-order valence-corrected chi connectivity index (χ1v) is 6.78. The topological polar surface area (TPSA) is 27.0 Å². The van der Waals surface area contributed by atoms with Gasteiger partial charge in [0, 0.05) is 25.0 Å². The van der Waals surface area contributed by atoms with Gasteiger partial charge in [0.25, 0.3) is 0 Å². The standard InChI is InChI=1S/C16H22N2/c1-16(2)12-15(8-10-17)13-18(16)11-9-14-6-4-3-5-7-14/h3-7,15H,8-9,11-13H2,1-2H3. The average molecular weight is 242 g/mol. The zero-order chi connectivity index (χ0) is 13.0. The molecule has 0 aliphatic carbocycles. The van der Waals surface area contributed by atoms with Crippen LogP contribution in [0.3, 0.4) is 0 Å². The smallest absolute Gasteiger partial charge is 0.0625 e. The molecule has 1 atom stereocenters. The quantitative estimate of drug-likeness (QED) is 0.810. The highest BCUT2D eigenvalue weighted by Crippen LogP contribution is 2.34. The largest absolute Gasteiger partial charge is 0.298 e. The lowest BCUT2D eigenvalue weighted by atomic mass is 9.95. The Hall–Kier alpha value is -1.33. The average Bonchev–Trinajstić information content (AvgIpc) is 2.63. The van der Waals surface area contributed by atoms with Crippen molar-refractivity contribution in [2.24, 2.45) is 5.92 Å². The lowest BCUT2D eigenvalue weighted by Crippen LogP contribution is -2.39. The molecule has 0 N–H and O–H groups in total. The van der Waals surface area contributed by atoms with Gasteiger partial charge >= 0.3 is 0 Å². The van der Waals surface area contributed by atoms with E-state index in [2.05, 4.69) is 55.1 Å². The van der Waals surface area contributed by atoms with Crippen molar-refractivity contribution in [2.45, 2.75) is 38.6 Å². The molecule has 1 saturated heterocycles. The van der Waals surface area contributed by atoms with E-state index in [1.165, 1.54) is 5.56 Å². The SMILES string of the molecule is CC1(C)CC(CC#N)CN1CCc1ccccc1. The monoisotopic (exact) mass is 242 g/mol. The Balaban J connectivity index is 1.91. The number of likely N-dealkylation sites (tertiary alicyclic amines) is 1. The van der Waals surface area contributed by atoms with E-state index < -0.39 is 0 Å². The second-order valence-corrected chi connectivity index (χ2v) is 5.93. The molecule has 0 bridgehead atoms. The van der Waals surface area contributed by atoms with Crippen molar-refractivity contribution < 1.29 is 0 Å². The molecule has 1 heterocycles. The molecule has 1 aliphatic heterocycles. The number of hydrogen-bond acceptors (Lipinski definition) is 2. The number of rotatable bonds is 4. The molecule has 2 rings (SSSR count). The highest BCUT2D eigenvalue weighted by molar-refractivity contribution is 5.15. The van der Waals surface area contributed by atoms with E-state index in [-0.39, 0.29) is 5.54 Å². The van der Waals surface area contributed by atoms with Crippen LogP contribution in [0.2, 0.25) is 0 Å². The molecule has 0 radical (unpaired) electrons. The van der Waals surface area contributed by atoms with Crippen LogP contribution in [-0.2, 0) is 6.42 Å². The fourth-order valence-corrected chi connectivity index (χ4v) is 3.03. The van der Waals surface area contributed by atoms with E-state index in [0.29, 0.717) is 12.3 Å². The van der Waals surface area contributed by atoms with Crippen LogP contribution in [0, 0.1) is 17.2 Å². The van der Waals surface area contributed by atoms with E-state index in [4.69, 9.17) is 5.26 Å². The van der Waals surface area contributed by atoms with E-state index in [1.807, 2.05) is 0 Å². The molecule has 0 spiro atoms. The summed E-state index contributed by atoms with van der Waals surface area (Å²) >= 11 is 0. The summed E-state index contributed by atoms with van der Waals surface area (Å²) < 4.78 is 0. The van der Waals surface area contributed by atoms with Gasteiger partial charge in [0.1, 0.15) is 0 Å². The minimum atomic E-state index is 0.246. The van der Waals surface area contributed by atoms with Gasteiger partial charge < -0.3 is 0 Å². The molecule has 1 unspecified atom stereocenters. The fraction of sp³-hybridized carbons (Fsp3) is 0.562. The van der Waals surface area contributed by atoms with Gasteiger partial charge in [-0.05, 0) is 38.2 Å². The maximum Gasteiger partial charge on any atom is 0.0625 e. The lowest BCUT2D eigenvalue weighted by molar-refractivity contribution is 0.177. The highest BCUT2D eigenvalue weighted by Gasteiger charge is 2.37. The molecule has 18 heavy (non-hydrogen) atoms. The number of benzene rings is 1. The highest BCUT2D eigenvalue weighted by atomic mass is 15.2. The van der Waals surface area contributed by atoms with E-state index in [1.54, 1.807) is 0 Å². The van der Waals surface area contributed by atoms with Gasteiger partial charge in [-0.3, -0.25) is 4.90 Å². The van der Waals surface area contributed by atoms with Gasteiger partial charge in [-0.15, -0.1) is 0 Å². The first-order chi connectivity index (χ1) is 8.62. The molecule has 0 saturated carbocycles. The Morgan fingerprint density at radius 1 is 1.33 bits per heavy atom. The normalized spacial score (nSPS) is 22.8. The molecule has 96 valence electrons. The number of hydrogen-bond donors (Lipinski definition) is 0. The van der Waals surface area contributed by atoms with Crippen molar-refractivity contribution in [3.63, 3.8) is 0 Å². The zero-order valence-corrected chi connectivity index (χ0v) is 11.4. The van der Waals surface area contributed by atoms with Gasteiger partial charge in [-0.1, -0.05) is 30.3 Å². The van der Waals surface area contributed by atoms with Crippen LogP contribution >= 0.6 is 0 Å². The minimum Gasteiger partial charge on any atom is -0.298 e. The van der Waals surface area contributed by atoms with Gasteiger partial charge in [-0.2, -0.15) is 5.26 Å². The Morgan fingerprint density at radius 3 is 2.72 bits per heavy atom. The molecule has 1 aliphatic rings. The Bertz CT molecular complexity index is 416. The molecule has 1 aromatic carbocycles. The third kappa shape index (κ3) is 3.11. The first kappa shape index (κ1) is 13.1. The molecule has 1 aromatic rings. The molecule has 2 nitrogen and oxygen atoms in total. The fourth-order valence-electron chi connectivity index (χ4n) is 3.03. The first-order valence-electron chi connectivity index (χ1n) is 6.78. The molecule has 2 heteroatoms. The molecule has 1 fully saturated rings. The van der Waals surface area contributed by atoms with Crippen LogP contribution in [0.25, 0.3) is 0 Å². The lowest BCUT2D eigenvalue weighted by Gasteiger charge is -2.31. The van der Waals surface area contributed by atoms with Gasteiger partial charge in [0.05, 0.1) is 6.07 Å². The van der Waals surface area contributed by atoms with Crippen LogP contribution in [0.1, 0.15) is 32.3 Å². The predicted octanol–water partition coefficient (Wildman–Crippen LogP) is 3.24. The summed E-state index contributed by atoms with van der Waals surface area (Å²) in [5, 5.41) is 8.82. The summed E-state index contributed by atoms with van der Waals surface area (Å²) in [6, 6.07) is 13.0. The predicted molar refractivity (Wildman–Crippen MR) is 74.1 cm³/mol. The van der Waals surface area contributed by atoms with Crippen LogP contribution < -0.4 is 0 Å². The molecular formula is C16H22N2. The molecule has 0 amide bonds. The number of nitriles is 1. The summed E-state index contributed by atoms with van der Waals surface area (Å²) in [5.74, 6) is 0.556.